The van der Waals surface area contributed by atoms with Crippen LogP contribution in [0.1, 0.15) is 35.7 Å². The van der Waals surface area contributed by atoms with E-state index in [1.165, 1.54) is 0 Å². The van der Waals surface area contributed by atoms with Gasteiger partial charge in [0, 0.05) is 29.0 Å². The SMILES string of the molecule is C=CC(=O)OCC(CC)(COC(=O)C=C)COC(=O)CCSC.O=C(c1ccccc1)c1ccccc1. The van der Waals surface area contributed by atoms with Crippen LogP contribution in [0.25, 0.3) is 0 Å². The summed E-state index contributed by atoms with van der Waals surface area (Å²) < 4.78 is 15.4. The summed E-state index contributed by atoms with van der Waals surface area (Å²) in [6.45, 7) is 8.37. The van der Waals surface area contributed by atoms with Crippen molar-refractivity contribution in [2.45, 2.75) is 19.8 Å². The predicted molar refractivity (Wildman–Crippen MR) is 145 cm³/mol. The van der Waals surface area contributed by atoms with E-state index in [4.69, 9.17) is 14.2 Å². The van der Waals surface area contributed by atoms with Crippen LogP contribution in [0.4, 0.5) is 0 Å². The van der Waals surface area contributed by atoms with Crippen molar-refractivity contribution in [2.75, 3.05) is 31.8 Å². The van der Waals surface area contributed by atoms with E-state index in [1.54, 1.807) is 11.8 Å². The van der Waals surface area contributed by atoms with E-state index in [0.717, 1.165) is 23.3 Å². The largest absolute Gasteiger partial charge is 0.465 e. The molecule has 0 atom stereocenters. The minimum Gasteiger partial charge on any atom is -0.465 e. The maximum atomic E-state index is 11.8. The third-order valence-electron chi connectivity index (χ3n) is 5.25. The minimum absolute atomic E-state index is 0.00837. The molecule has 0 aliphatic heterocycles. The number of hydrogen-bond donors (Lipinski definition) is 0. The van der Waals surface area contributed by atoms with E-state index in [1.807, 2.05) is 73.8 Å². The molecule has 0 spiro atoms. The number of carbonyl (C=O) groups is 4. The van der Waals surface area contributed by atoms with E-state index >= 15 is 0 Å². The molecule has 0 heterocycles. The topological polar surface area (TPSA) is 96.0 Å². The summed E-state index contributed by atoms with van der Waals surface area (Å²) in [6, 6.07) is 18.6. The molecule has 37 heavy (non-hydrogen) atoms. The molecular weight excluding hydrogens is 492 g/mol. The molecule has 0 aliphatic carbocycles. The highest BCUT2D eigenvalue weighted by Gasteiger charge is 2.33. The highest BCUT2D eigenvalue weighted by atomic mass is 32.2. The lowest BCUT2D eigenvalue weighted by Crippen LogP contribution is -2.38. The van der Waals surface area contributed by atoms with Gasteiger partial charge in [0.1, 0.15) is 19.8 Å². The molecule has 0 bridgehead atoms. The number of esters is 3. The fourth-order valence-corrected chi connectivity index (χ4v) is 3.21. The Balaban J connectivity index is 0.000000411. The monoisotopic (exact) mass is 526 g/mol. The Morgan fingerprint density at radius 1 is 0.784 bits per heavy atom. The average molecular weight is 527 g/mol. The van der Waals surface area contributed by atoms with Gasteiger partial charge in [0.2, 0.25) is 0 Å². The highest BCUT2D eigenvalue weighted by molar-refractivity contribution is 7.98. The minimum atomic E-state index is -0.799. The molecule has 0 saturated heterocycles. The van der Waals surface area contributed by atoms with Crippen molar-refractivity contribution in [1.29, 1.82) is 0 Å². The van der Waals surface area contributed by atoms with E-state index in [0.29, 0.717) is 18.6 Å². The molecule has 0 unspecified atom stereocenters. The van der Waals surface area contributed by atoms with Crippen LogP contribution < -0.4 is 0 Å². The van der Waals surface area contributed by atoms with Crippen LogP contribution in [0.15, 0.2) is 86.0 Å². The van der Waals surface area contributed by atoms with Crippen molar-refractivity contribution in [3.05, 3.63) is 97.1 Å². The first-order chi connectivity index (χ1) is 17.8. The molecule has 0 amide bonds. The summed E-state index contributed by atoms with van der Waals surface area (Å²) in [5.74, 6) is -0.791. The first-order valence-electron chi connectivity index (χ1n) is 11.7. The molecule has 0 fully saturated rings. The van der Waals surface area contributed by atoms with Gasteiger partial charge in [-0.15, -0.1) is 0 Å². The van der Waals surface area contributed by atoms with Gasteiger partial charge in [-0.1, -0.05) is 80.7 Å². The Morgan fingerprint density at radius 2 is 1.22 bits per heavy atom. The Bertz CT molecular complexity index is 954. The molecule has 2 aromatic carbocycles. The molecule has 0 aliphatic rings. The lowest BCUT2D eigenvalue weighted by Gasteiger charge is -2.30. The van der Waals surface area contributed by atoms with Gasteiger partial charge in [-0.25, -0.2) is 9.59 Å². The third kappa shape index (κ3) is 12.2. The first kappa shape index (κ1) is 31.4. The number of ether oxygens (including phenoxy) is 3. The third-order valence-corrected chi connectivity index (χ3v) is 5.86. The lowest BCUT2D eigenvalue weighted by atomic mass is 9.88. The second-order valence-corrected chi connectivity index (χ2v) is 8.93. The van der Waals surface area contributed by atoms with Crippen LogP contribution in [0.3, 0.4) is 0 Å². The molecule has 0 radical (unpaired) electrons. The van der Waals surface area contributed by atoms with Crippen molar-refractivity contribution in [1.82, 2.24) is 0 Å². The number of benzene rings is 2. The van der Waals surface area contributed by atoms with Crippen LogP contribution in [-0.4, -0.2) is 55.5 Å². The van der Waals surface area contributed by atoms with Crippen LogP contribution in [0, 0.1) is 5.41 Å². The van der Waals surface area contributed by atoms with Crippen LogP contribution in [0.2, 0.25) is 0 Å². The van der Waals surface area contributed by atoms with Gasteiger partial charge in [-0.2, -0.15) is 11.8 Å². The number of rotatable bonds is 14. The fraction of sp³-hybridized carbons (Fsp3) is 0.310. The van der Waals surface area contributed by atoms with E-state index < -0.39 is 17.4 Å². The molecule has 7 nitrogen and oxygen atoms in total. The number of carbonyl (C=O) groups excluding carboxylic acids is 4. The van der Waals surface area contributed by atoms with Crippen LogP contribution >= 0.6 is 11.8 Å². The predicted octanol–water partition coefficient (Wildman–Crippen LogP) is 5.06. The molecule has 0 aromatic heterocycles. The van der Waals surface area contributed by atoms with Gasteiger partial charge in [-0.3, -0.25) is 9.59 Å². The summed E-state index contributed by atoms with van der Waals surface area (Å²) in [4.78, 5) is 46.1. The van der Waals surface area contributed by atoms with Crippen LogP contribution in [-0.2, 0) is 28.6 Å². The van der Waals surface area contributed by atoms with E-state index in [-0.39, 0.29) is 31.6 Å². The zero-order valence-corrected chi connectivity index (χ0v) is 22.2. The summed E-state index contributed by atoms with van der Waals surface area (Å²) >= 11 is 1.54. The van der Waals surface area contributed by atoms with Gasteiger partial charge < -0.3 is 14.2 Å². The number of ketones is 1. The molecule has 0 saturated carbocycles. The second-order valence-electron chi connectivity index (χ2n) is 7.94. The fourth-order valence-electron chi connectivity index (χ4n) is 2.83. The van der Waals surface area contributed by atoms with Gasteiger partial charge in [0.15, 0.2) is 5.78 Å². The average Bonchev–Trinajstić information content (AvgIpc) is 2.96. The Hall–Kier alpha value is -3.65. The molecule has 198 valence electrons. The maximum Gasteiger partial charge on any atom is 0.330 e. The second kappa shape index (κ2) is 17.7. The van der Waals surface area contributed by atoms with Crippen molar-refractivity contribution in [2.24, 2.45) is 5.41 Å². The molecular formula is C29H34O7S. The quantitative estimate of drug-likeness (QED) is 0.146. The Kier molecular flexibility index (Phi) is 15.0. The molecule has 2 aromatic rings. The summed E-state index contributed by atoms with van der Waals surface area (Å²) in [5.41, 5.74) is 0.671. The number of hydrogen-bond acceptors (Lipinski definition) is 8. The Labute approximate surface area is 222 Å². The van der Waals surface area contributed by atoms with Gasteiger partial charge >= 0.3 is 17.9 Å². The Morgan fingerprint density at radius 3 is 1.59 bits per heavy atom. The highest BCUT2D eigenvalue weighted by Crippen LogP contribution is 2.25. The van der Waals surface area contributed by atoms with Crippen molar-refractivity contribution < 1.29 is 33.4 Å². The van der Waals surface area contributed by atoms with Crippen LogP contribution in [0.5, 0.6) is 0 Å². The number of thioether (sulfide) groups is 1. The van der Waals surface area contributed by atoms with E-state index in [9.17, 15) is 19.2 Å². The van der Waals surface area contributed by atoms with Crippen molar-refractivity contribution in [3.8, 4) is 0 Å². The lowest BCUT2D eigenvalue weighted by molar-refractivity contribution is -0.158. The normalized spacial score (nSPS) is 10.2. The summed E-state index contributed by atoms with van der Waals surface area (Å²) in [6.07, 6.45) is 4.76. The van der Waals surface area contributed by atoms with Crippen molar-refractivity contribution in [3.63, 3.8) is 0 Å². The van der Waals surface area contributed by atoms with E-state index in [2.05, 4.69) is 13.2 Å². The first-order valence-corrected chi connectivity index (χ1v) is 13.1. The summed E-state index contributed by atoms with van der Waals surface area (Å²) in [5, 5.41) is 0. The zero-order valence-electron chi connectivity index (χ0n) is 21.4. The molecule has 0 N–H and O–H groups in total. The molecule has 8 heteroatoms. The maximum absolute atomic E-state index is 11.8. The van der Waals surface area contributed by atoms with Crippen molar-refractivity contribution >= 4 is 35.5 Å². The van der Waals surface area contributed by atoms with Gasteiger partial charge in [-0.05, 0) is 12.7 Å². The zero-order chi connectivity index (χ0) is 27.5. The van der Waals surface area contributed by atoms with Gasteiger partial charge in [0.05, 0.1) is 11.8 Å². The molecule has 2 rings (SSSR count). The smallest absolute Gasteiger partial charge is 0.330 e. The van der Waals surface area contributed by atoms with Gasteiger partial charge in [0.25, 0.3) is 0 Å². The summed E-state index contributed by atoms with van der Waals surface area (Å²) in [7, 11) is 0. The standard InChI is InChI=1S/C16H24O6S.C13H10O/c1-5-13(17)20-10-16(7-3,11-21-14(18)6-2)12-22-15(19)8-9-23-4;14-13(11-7-3-1-4-8-11)12-9-5-2-6-10-12/h5-6H,1-2,7-12H2,3-4H3;1-10H.